The highest BCUT2D eigenvalue weighted by Gasteiger charge is 2.24. The Morgan fingerprint density at radius 2 is 2.26 bits per heavy atom. The first kappa shape index (κ1) is 13.7. The number of carbonyl (C=O) groups excluding carboxylic acids is 1. The van der Waals surface area contributed by atoms with Crippen molar-refractivity contribution in [1.82, 2.24) is 15.1 Å². The molecule has 2 rings (SSSR count). The van der Waals surface area contributed by atoms with Crippen molar-refractivity contribution in [3.05, 3.63) is 5.56 Å². The van der Waals surface area contributed by atoms with Gasteiger partial charge in [-0.2, -0.15) is 5.10 Å². The molecule has 19 heavy (non-hydrogen) atoms. The molecular formula is C12H21N5O2. The Bertz CT molecular complexity index is 451. The molecule has 1 aliphatic rings. The van der Waals surface area contributed by atoms with Crippen LogP contribution in [0, 0.1) is 0 Å². The fourth-order valence-corrected chi connectivity index (χ4v) is 2.28. The molecule has 1 fully saturated rings. The predicted molar refractivity (Wildman–Crippen MR) is 73.2 cm³/mol. The highest BCUT2D eigenvalue weighted by molar-refractivity contribution is 5.99. The van der Waals surface area contributed by atoms with Gasteiger partial charge in [-0.15, -0.1) is 0 Å². The van der Waals surface area contributed by atoms with E-state index in [1.807, 2.05) is 6.92 Å². The minimum absolute atomic E-state index is 0.310. The summed E-state index contributed by atoms with van der Waals surface area (Å²) in [4.78, 5) is 11.8. The van der Waals surface area contributed by atoms with Crippen LogP contribution in [0.5, 0.6) is 0 Å². The number of methoxy groups -OCH3 is 1. The van der Waals surface area contributed by atoms with Crippen molar-refractivity contribution in [1.29, 1.82) is 0 Å². The number of aromatic nitrogens is 2. The number of nitrogens with zero attached hydrogens (tertiary/aromatic N) is 2. The standard InChI is InChI=1S/C12H21N5O2/c1-3-17-10(13)9(12(18)19-2)11(16-17)15-8-4-6-14-7-5-8/h8,14H,3-7,13H2,1-2H3,(H,15,16). The third-order valence-corrected chi connectivity index (χ3v) is 3.36. The molecule has 1 aromatic rings. The third-order valence-electron chi connectivity index (χ3n) is 3.36. The van der Waals surface area contributed by atoms with Crippen molar-refractivity contribution in [2.45, 2.75) is 32.4 Å². The van der Waals surface area contributed by atoms with E-state index in [9.17, 15) is 4.79 Å². The summed E-state index contributed by atoms with van der Waals surface area (Å²) in [5, 5.41) is 11.0. The monoisotopic (exact) mass is 267 g/mol. The largest absolute Gasteiger partial charge is 0.465 e. The molecule has 1 saturated heterocycles. The molecule has 1 aromatic heterocycles. The van der Waals surface area contributed by atoms with Crippen molar-refractivity contribution in [3.63, 3.8) is 0 Å². The van der Waals surface area contributed by atoms with E-state index in [0.29, 0.717) is 29.8 Å². The maximum absolute atomic E-state index is 11.8. The van der Waals surface area contributed by atoms with Gasteiger partial charge in [-0.1, -0.05) is 0 Å². The summed E-state index contributed by atoms with van der Waals surface area (Å²) in [6.45, 7) is 4.48. The number of esters is 1. The van der Waals surface area contributed by atoms with Crippen LogP contribution in [0.25, 0.3) is 0 Å². The molecule has 7 nitrogen and oxygen atoms in total. The number of hydrogen-bond donors (Lipinski definition) is 3. The number of hydrogen-bond acceptors (Lipinski definition) is 6. The lowest BCUT2D eigenvalue weighted by Crippen LogP contribution is -2.35. The molecule has 0 unspecified atom stereocenters. The Balaban J connectivity index is 2.24. The zero-order chi connectivity index (χ0) is 13.8. The first-order valence-corrected chi connectivity index (χ1v) is 6.59. The predicted octanol–water partition coefficient (Wildman–Crippen LogP) is 0.436. The van der Waals surface area contributed by atoms with Gasteiger partial charge in [0.25, 0.3) is 0 Å². The molecule has 2 heterocycles. The Labute approximate surface area is 112 Å². The Morgan fingerprint density at radius 1 is 1.58 bits per heavy atom. The van der Waals surface area contributed by atoms with E-state index < -0.39 is 5.97 Å². The highest BCUT2D eigenvalue weighted by atomic mass is 16.5. The van der Waals surface area contributed by atoms with Gasteiger partial charge in [-0.3, -0.25) is 0 Å². The van der Waals surface area contributed by atoms with Crippen LogP contribution in [-0.2, 0) is 11.3 Å². The molecule has 0 spiro atoms. The van der Waals surface area contributed by atoms with Crippen molar-refractivity contribution in [2.75, 3.05) is 31.2 Å². The fraction of sp³-hybridized carbons (Fsp3) is 0.667. The Hall–Kier alpha value is -1.76. The van der Waals surface area contributed by atoms with Gasteiger partial charge in [0.1, 0.15) is 11.4 Å². The van der Waals surface area contributed by atoms with Crippen LogP contribution in [0.1, 0.15) is 30.1 Å². The lowest BCUT2D eigenvalue weighted by atomic mass is 10.1. The van der Waals surface area contributed by atoms with Gasteiger partial charge in [0.15, 0.2) is 5.82 Å². The van der Waals surface area contributed by atoms with Crippen molar-refractivity contribution < 1.29 is 9.53 Å². The number of carbonyl (C=O) groups is 1. The van der Waals surface area contributed by atoms with Gasteiger partial charge in [0.2, 0.25) is 0 Å². The first-order chi connectivity index (χ1) is 9.17. The van der Waals surface area contributed by atoms with Crippen molar-refractivity contribution in [3.8, 4) is 0 Å². The molecule has 7 heteroatoms. The summed E-state index contributed by atoms with van der Waals surface area (Å²) in [6, 6.07) is 0.310. The van der Waals surface area contributed by atoms with E-state index in [4.69, 9.17) is 10.5 Å². The number of nitrogens with one attached hydrogen (secondary N) is 2. The first-order valence-electron chi connectivity index (χ1n) is 6.59. The number of nitrogen functional groups attached to an aromatic ring is 1. The molecule has 0 saturated carbocycles. The second-order valence-electron chi connectivity index (χ2n) is 4.58. The van der Waals surface area contributed by atoms with Crippen LogP contribution in [0.3, 0.4) is 0 Å². The van der Waals surface area contributed by atoms with Crippen molar-refractivity contribution >= 4 is 17.6 Å². The molecule has 0 amide bonds. The molecule has 106 valence electrons. The summed E-state index contributed by atoms with van der Waals surface area (Å²) < 4.78 is 6.39. The van der Waals surface area contributed by atoms with Gasteiger partial charge in [0.05, 0.1) is 7.11 Å². The van der Waals surface area contributed by atoms with Gasteiger partial charge in [-0.05, 0) is 32.9 Å². The van der Waals surface area contributed by atoms with Crippen LogP contribution < -0.4 is 16.4 Å². The summed E-state index contributed by atoms with van der Waals surface area (Å²) in [6.07, 6.45) is 2.00. The summed E-state index contributed by atoms with van der Waals surface area (Å²) in [5.74, 6) is 0.428. The average molecular weight is 267 g/mol. The lowest BCUT2D eigenvalue weighted by molar-refractivity contribution is 0.0603. The Kier molecular flexibility index (Phi) is 4.26. The number of anilines is 2. The third kappa shape index (κ3) is 2.81. The van der Waals surface area contributed by atoms with Crippen LogP contribution in [0.15, 0.2) is 0 Å². The minimum atomic E-state index is -0.450. The van der Waals surface area contributed by atoms with Crippen LogP contribution in [0.2, 0.25) is 0 Å². The molecule has 0 atom stereocenters. The van der Waals surface area contributed by atoms with E-state index in [1.165, 1.54) is 7.11 Å². The summed E-state index contributed by atoms with van der Waals surface area (Å²) in [7, 11) is 1.35. The van der Waals surface area contributed by atoms with Crippen molar-refractivity contribution in [2.24, 2.45) is 0 Å². The molecule has 1 aliphatic heterocycles. The van der Waals surface area contributed by atoms with Gasteiger partial charge < -0.3 is 21.1 Å². The SMILES string of the molecule is CCn1nc(NC2CCNCC2)c(C(=O)OC)c1N. The summed E-state index contributed by atoms with van der Waals surface area (Å²) in [5.41, 5.74) is 6.28. The highest BCUT2D eigenvalue weighted by Crippen LogP contribution is 2.24. The van der Waals surface area contributed by atoms with Crippen LogP contribution in [0.4, 0.5) is 11.6 Å². The van der Waals surface area contributed by atoms with Crippen LogP contribution in [-0.4, -0.2) is 42.0 Å². The number of nitrogens with two attached hydrogens (primary N) is 1. The number of rotatable bonds is 4. The molecule has 0 radical (unpaired) electrons. The van der Waals surface area contributed by atoms with E-state index in [0.717, 1.165) is 25.9 Å². The number of ether oxygens (including phenoxy) is 1. The average Bonchev–Trinajstić information content (AvgIpc) is 2.75. The molecule has 4 N–H and O–H groups in total. The smallest absolute Gasteiger partial charge is 0.345 e. The molecule has 0 bridgehead atoms. The van der Waals surface area contributed by atoms with E-state index in [1.54, 1.807) is 4.68 Å². The van der Waals surface area contributed by atoms with Gasteiger partial charge in [-0.25, -0.2) is 9.48 Å². The quantitative estimate of drug-likeness (QED) is 0.685. The zero-order valence-corrected chi connectivity index (χ0v) is 11.4. The van der Waals surface area contributed by atoms with Gasteiger partial charge in [0, 0.05) is 12.6 Å². The van der Waals surface area contributed by atoms with E-state index >= 15 is 0 Å². The Morgan fingerprint density at radius 3 is 2.84 bits per heavy atom. The van der Waals surface area contributed by atoms with E-state index in [2.05, 4.69) is 15.7 Å². The van der Waals surface area contributed by atoms with Crippen LogP contribution >= 0.6 is 0 Å². The topological polar surface area (TPSA) is 94.2 Å². The lowest BCUT2D eigenvalue weighted by Gasteiger charge is -2.23. The molecule has 0 aliphatic carbocycles. The molecular weight excluding hydrogens is 246 g/mol. The molecule has 0 aromatic carbocycles. The number of aryl methyl sites for hydroxylation is 1. The maximum Gasteiger partial charge on any atom is 0.345 e. The maximum atomic E-state index is 11.8. The fourth-order valence-electron chi connectivity index (χ4n) is 2.28. The second kappa shape index (κ2) is 5.92. The zero-order valence-electron chi connectivity index (χ0n) is 11.4. The normalized spacial score (nSPS) is 16.3. The second-order valence-corrected chi connectivity index (χ2v) is 4.58. The van der Waals surface area contributed by atoms with Gasteiger partial charge >= 0.3 is 5.97 Å². The summed E-state index contributed by atoms with van der Waals surface area (Å²) >= 11 is 0. The number of piperidine rings is 1. The van der Waals surface area contributed by atoms with E-state index in [-0.39, 0.29) is 0 Å². The minimum Gasteiger partial charge on any atom is -0.465 e.